The molecular formula is C15H12Cl2N2O3. The number of carbonyl (C=O) groups excluding carboxylic acids is 2. The van der Waals surface area contributed by atoms with Crippen LogP contribution in [-0.4, -0.2) is 18.9 Å². The molecule has 2 N–H and O–H groups in total. The molecule has 0 saturated heterocycles. The van der Waals surface area contributed by atoms with E-state index in [1.54, 1.807) is 30.3 Å². The third-order valence-electron chi connectivity index (χ3n) is 2.81. The highest BCUT2D eigenvalue weighted by molar-refractivity contribution is 6.35. The Morgan fingerprint density at radius 3 is 2.27 bits per heavy atom. The molecule has 114 valence electrons. The summed E-state index contributed by atoms with van der Waals surface area (Å²) in [5.41, 5.74) is 5.03. The molecule has 0 saturated carbocycles. The van der Waals surface area contributed by atoms with Gasteiger partial charge in [0.15, 0.2) is 0 Å². The van der Waals surface area contributed by atoms with Gasteiger partial charge in [-0.15, -0.1) is 0 Å². The van der Waals surface area contributed by atoms with E-state index in [-0.39, 0.29) is 10.6 Å². The van der Waals surface area contributed by atoms with E-state index in [0.29, 0.717) is 16.3 Å². The highest BCUT2D eigenvalue weighted by atomic mass is 35.5. The second-order valence-electron chi connectivity index (χ2n) is 4.23. The Bertz CT molecular complexity index is 720. The number of benzene rings is 2. The summed E-state index contributed by atoms with van der Waals surface area (Å²) < 4.78 is 5.08. The molecule has 0 aliphatic rings. The molecule has 0 atom stereocenters. The van der Waals surface area contributed by atoms with Crippen molar-refractivity contribution in [3.05, 3.63) is 63.6 Å². The minimum absolute atomic E-state index is 0.162. The average molecular weight is 339 g/mol. The number of rotatable bonds is 3. The third kappa shape index (κ3) is 3.69. The zero-order valence-electron chi connectivity index (χ0n) is 11.5. The van der Waals surface area contributed by atoms with E-state index >= 15 is 0 Å². The maximum Gasteiger partial charge on any atom is 0.273 e. The van der Waals surface area contributed by atoms with Crippen LogP contribution in [0.15, 0.2) is 42.5 Å². The number of hydrogen-bond donors (Lipinski definition) is 2. The maximum absolute atomic E-state index is 12.0. The molecule has 0 radical (unpaired) electrons. The molecule has 2 amide bonds. The first kappa shape index (κ1) is 16.1. The van der Waals surface area contributed by atoms with Crippen LogP contribution in [0.25, 0.3) is 0 Å². The molecule has 0 unspecified atom stereocenters. The summed E-state index contributed by atoms with van der Waals surface area (Å²) in [7, 11) is 1.45. The quantitative estimate of drug-likeness (QED) is 0.845. The number of halogens is 2. The summed E-state index contributed by atoms with van der Waals surface area (Å²) in [6.45, 7) is 0. The van der Waals surface area contributed by atoms with E-state index in [9.17, 15) is 9.59 Å². The van der Waals surface area contributed by atoms with Crippen LogP contribution >= 0.6 is 23.2 Å². The van der Waals surface area contributed by atoms with Crippen molar-refractivity contribution >= 4 is 35.0 Å². The lowest BCUT2D eigenvalue weighted by atomic mass is 10.2. The summed E-state index contributed by atoms with van der Waals surface area (Å²) in [6.07, 6.45) is 0. The Balaban J connectivity index is 2.08. The van der Waals surface area contributed by atoms with Crippen LogP contribution in [0.2, 0.25) is 10.0 Å². The molecule has 0 aromatic heterocycles. The SMILES string of the molecule is COc1ccccc1C(=O)NNC(=O)c1cc(Cl)ccc1Cl. The van der Waals surface area contributed by atoms with Crippen molar-refractivity contribution in [1.29, 1.82) is 0 Å². The largest absolute Gasteiger partial charge is 0.496 e. The Kier molecular flexibility index (Phi) is 5.25. The molecule has 2 aromatic rings. The molecule has 0 aliphatic heterocycles. The van der Waals surface area contributed by atoms with Crippen molar-refractivity contribution < 1.29 is 14.3 Å². The van der Waals surface area contributed by atoms with Crippen LogP contribution in [0.1, 0.15) is 20.7 Å². The van der Waals surface area contributed by atoms with Gasteiger partial charge in [-0.25, -0.2) is 0 Å². The first-order valence-electron chi connectivity index (χ1n) is 6.21. The predicted octanol–water partition coefficient (Wildman–Crippen LogP) is 3.08. The van der Waals surface area contributed by atoms with Gasteiger partial charge < -0.3 is 4.74 Å². The van der Waals surface area contributed by atoms with E-state index in [2.05, 4.69) is 10.9 Å². The number of hydrazine groups is 1. The van der Waals surface area contributed by atoms with Crippen molar-refractivity contribution in [2.24, 2.45) is 0 Å². The first-order chi connectivity index (χ1) is 10.5. The Hall–Kier alpha value is -2.24. The van der Waals surface area contributed by atoms with Crippen LogP contribution < -0.4 is 15.6 Å². The molecule has 0 heterocycles. The molecule has 2 rings (SSSR count). The van der Waals surface area contributed by atoms with Crippen molar-refractivity contribution in [3.8, 4) is 5.75 Å². The third-order valence-corrected chi connectivity index (χ3v) is 3.38. The fourth-order valence-corrected chi connectivity index (χ4v) is 2.13. The molecule has 0 spiro atoms. The number of nitrogens with one attached hydrogen (secondary N) is 2. The predicted molar refractivity (Wildman–Crippen MR) is 84.4 cm³/mol. The topological polar surface area (TPSA) is 67.4 Å². The van der Waals surface area contributed by atoms with Crippen LogP contribution in [0, 0.1) is 0 Å². The van der Waals surface area contributed by atoms with Crippen LogP contribution in [0.5, 0.6) is 5.75 Å². The van der Waals surface area contributed by atoms with Crippen molar-refractivity contribution in [3.63, 3.8) is 0 Å². The number of hydrogen-bond acceptors (Lipinski definition) is 3. The fraction of sp³-hybridized carbons (Fsp3) is 0.0667. The molecule has 0 fully saturated rings. The van der Waals surface area contributed by atoms with E-state index in [1.807, 2.05) is 0 Å². The van der Waals surface area contributed by atoms with Gasteiger partial charge in [0, 0.05) is 5.02 Å². The highest BCUT2D eigenvalue weighted by Crippen LogP contribution is 2.20. The summed E-state index contributed by atoms with van der Waals surface area (Å²) in [5, 5.41) is 0.596. The zero-order valence-corrected chi connectivity index (χ0v) is 13.0. The minimum Gasteiger partial charge on any atom is -0.496 e. The normalized spacial score (nSPS) is 9.95. The van der Waals surface area contributed by atoms with Gasteiger partial charge in [0.25, 0.3) is 11.8 Å². The fourth-order valence-electron chi connectivity index (χ4n) is 1.75. The van der Waals surface area contributed by atoms with Gasteiger partial charge in [-0.3, -0.25) is 20.4 Å². The number of methoxy groups -OCH3 is 1. The second kappa shape index (κ2) is 7.15. The molecule has 7 heteroatoms. The lowest BCUT2D eigenvalue weighted by Gasteiger charge is -2.11. The molecule has 22 heavy (non-hydrogen) atoms. The van der Waals surface area contributed by atoms with E-state index < -0.39 is 11.8 Å². The number of para-hydroxylation sites is 1. The summed E-state index contributed by atoms with van der Waals surface area (Å²) in [4.78, 5) is 24.1. The van der Waals surface area contributed by atoms with Gasteiger partial charge in [0.2, 0.25) is 0 Å². The van der Waals surface area contributed by atoms with Crippen LogP contribution in [-0.2, 0) is 0 Å². The van der Waals surface area contributed by atoms with E-state index in [0.717, 1.165) is 0 Å². The monoisotopic (exact) mass is 338 g/mol. The lowest BCUT2D eigenvalue weighted by Crippen LogP contribution is -2.41. The highest BCUT2D eigenvalue weighted by Gasteiger charge is 2.14. The summed E-state index contributed by atoms with van der Waals surface area (Å²) in [5.74, 6) is -0.685. The molecule has 0 bridgehead atoms. The van der Waals surface area contributed by atoms with Crippen LogP contribution in [0.3, 0.4) is 0 Å². The Morgan fingerprint density at radius 2 is 1.59 bits per heavy atom. The number of ether oxygens (including phenoxy) is 1. The van der Waals surface area contributed by atoms with Crippen molar-refractivity contribution in [1.82, 2.24) is 10.9 Å². The molecule has 0 aliphatic carbocycles. The van der Waals surface area contributed by atoms with E-state index in [1.165, 1.54) is 19.2 Å². The zero-order chi connectivity index (χ0) is 16.1. The summed E-state index contributed by atoms with van der Waals surface area (Å²) >= 11 is 11.7. The average Bonchev–Trinajstić information content (AvgIpc) is 2.54. The number of amides is 2. The van der Waals surface area contributed by atoms with Gasteiger partial charge in [0.1, 0.15) is 5.75 Å². The first-order valence-corrected chi connectivity index (χ1v) is 6.97. The van der Waals surface area contributed by atoms with E-state index in [4.69, 9.17) is 27.9 Å². The van der Waals surface area contributed by atoms with Gasteiger partial charge in [-0.05, 0) is 30.3 Å². The van der Waals surface area contributed by atoms with Crippen molar-refractivity contribution in [2.75, 3.05) is 7.11 Å². The van der Waals surface area contributed by atoms with Gasteiger partial charge in [-0.2, -0.15) is 0 Å². The minimum atomic E-state index is -0.573. The lowest BCUT2D eigenvalue weighted by molar-refractivity contribution is 0.0845. The molecule has 2 aromatic carbocycles. The van der Waals surface area contributed by atoms with Crippen molar-refractivity contribution in [2.45, 2.75) is 0 Å². The maximum atomic E-state index is 12.0. The standard InChI is InChI=1S/C15H12Cl2N2O3/c1-22-13-5-3-2-4-10(13)14(20)18-19-15(21)11-8-9(16)6-7-12(11)17/h2-8H,1H3,(H,18,20)(H,19,21). The molecular weight excluding hydrogens is 327 g/mol. The van der Waals surface area contributed by atoms with Gasteiger partial charge in [-0.1, -0.05) is 35.3 Å². The van der Waals surface area contributed by atoms with Crippen LogP contribution in [0.4, 0.5) is 0 Å². The second-order valence-corrected chi connectivity index (χ2v) is 5.08. The van der Waals surface area contributed by atoms with Gasteiger partial charge in [0.05, 0.1) is 23.3 Å². The molecule has 5 nitrogen and oxygen atoms in total. The van der Waals surface area contributed by atoms with Gasteiger partial charge >= 0.3 is 0 Å². The Morgan fingerprint density at radius 1 is 0.955 bits per heavy atom. The summed E-state index contributed by atoms with van der Waals surface area (Å²) in [6, 6.07) is 11.1. The smallest absolute Gasteiger partial charge is 0.273 e. The number of carbonyl (C=O) groups is 2. The Labute approximate surface area is 137 Å².